The number of hydrogen-bond acceptors (Lipinski definition) is 5. The molecule has 150 valence electrons. The third kappa shape index (κ3) is 4.65. The number of piperazine rings is 1. The van der Waals surface area contributed by atoms with Crippen molar-refractivity contribution in [2.45, 2.75) is 38.6 Å². The number of nitrogens with zero attached hydrogens (tertiary/aromatic N) is 4. The second-order valence-electron chi connectivity index (χ2n) is 8.19. The van der Waals surface area contributed by atoms with E-state index in [4.69, 9.17) is 21.6 Å². The van der Waals surface area contributed by atoms with Gasteiger partial charge in [0.2, 0.25) is 0 Å². The quantitative estimate of drug-likeness (QED) is 0.830. The molecule has 1 aromatic carbocycles. The fourth-order valence-corrected chi connectivity index (χ4v) is 4.36. The largest absolute Gasteiger partial charge is 0.366 e. The van der Waals surface area contributed by atoms with Crippen LogP contribution in [-0.4, -0.2) is 65.6 Å². The van der Waals surface area contributed by atoms with E-state index in [9.17, 15) is 0 Å². The van der Waals surface area contributed by atoms with Gasteiger partial charge in [-0.3, -0.25) is 4.90 Å². The lowest BCUT2D eigenvalue weighted by Gasteiger charge is -2.34. The topological polar surface area (TPSA) is 44.3 Å². The highest BCUT2D eigenvalue weighted by atomic mass is 35.5. The molecule has 1 atom stereocenters. The molecule has 2 aliphatic rings. The molecule has 1 saturated heterocycles. The van der Waals surface area contributed by atoms with Gasteiger partial charge in [0.25, 0.3) is 0 Å². The minimum atomic E-state index is 0.344. The van der Waals surface area contributed by atoms with Crippen molar-refractivity contribution in [2.24, 2.45) is 0 Å². The maximum Gasteiger partial charge on any atom is 0.161 e. The van der Waals surface area contributed by atoms with E-state index in [0.717, 1.165) is 67.8 Å². The minimum Gasteiger partial charge on any atom is -0.366 e. The predicted molar refractivity (Wildman–Crippen MR) is 116 cm³/mol. The summed E-state index contributed by atoms with van der Waals surface area (Å²) >= 11 is 6.20. The molecule has 1 fully saturated rings. The van der Waals surface area contributed by atoms with Crippen LogP contribution in [0.5, 0.6) is 0 Å². The van der Waals surface area contributed by atoms with Crippen molar-refractivity contribution in [1.82, 2.24) is 19.8 Å². The maximum absolute atomic E-state index is 6.20. The Labute approximate surface area is 173 Å². The van der Waals surface area contributed by atoms with E-state index in [1.807, 2.05) is 24.3 Å². The van der Waals surface area contributed by atoms with E-state index in [-0.39, 0.29) is 0 Å². The lowest BCUT2D eigenvalue weighted by molar-refractivity contribution is 0.151. The molecule has 0 radical (unpaired) electrons. The van der Waals surface area contributed by atoms with Gasteiger partial charge in [-0.15, -0.1) is 0 Å². The number of likely N-dealkylation sites (N-methyl/N-ethyl adjacent to an activating group) is 1. The molecule has 0 saturated carbocycles. The van der Waals surface area contributed by atoms with Gasteiger partial charge < -0.3 is 10.2 Å². The van der Waals surface area contributed by atoms with Crippen LogP contribution in [0.3, 0.4) is 0 Å². The molecule has 2 heterocycles. The fraction of sp³-hybridized carbons (Fsp3) is 0.545. The van der Waals surface area contributed by atoms with Crippen molar-refractivity contribution in [3.63, 3.8) is 0 Å². The van der Waals surface area contributed by atoms with Crippen LogP contribution in [0.4, 0.5) is 5.82 Å². The standard InChI is InChI=1S/C22H30ClN5/c1-16(15-28-12-10-27(2)11-13-28)24-22-19-8-3-4-9-20(19)25-21(26-22)17-6-5-7-18(23)14-17/h5-7,14,16H,3-4,8-13,15H2,1-2H3,(H,24,25,26). The number of nitrogens with one attached hydrogen (secondary N) is 1. The first kappa shape index (κ1) is 19.6. The van der Waals surface area contributed by atoms with Crippen LogP contribution in [0.15, 0.2) is 24.3 Å². The average Bonchev–Trinajstić information content (AvgIpc) is 2.69. The number of fused-ring (bicyclic) bond motifs is 1. The first-order chi connectivity index (χ1) is 13.6. The molecule has 0 bridgehead atoms. The molecule has 1 aromatic heterocycles. The normalized spacial score (nSPS) is 19.2. The van der Waals surface area contributed by atoms with Gasteiger partial charge in [0.05, 0.1) is 0 Å². The predicted octanol–water partition coefficient (Wildman–Crippen LogP) is 3.72. The Balaban J connectivity index is 1.55. The average molecular weight is 400 g/mol. The number of benzene rings is 1. The van der Waals surface area contributed by atoms with E-state index in [1.54, 1.807) is 0 Å². The van der Waals surface area contributed by atoms with Gasteiger partial charge in [-0.2, -0.15) is 0 Å². The van der Waals surface area contributed by atoms with Gasteiger partial charge in [0.15, 0.2) is 5.82 Å². The Bertz CT molecular complexity index is 817. The Morgan fingerprint density at radius 3 is 2.68 bits per heavy atom. The molecule has 5 nitrogen and oxygen atoms in total. The second kappa shape index (κ2) is 8.76. The smallest absolute Gasteiger partial charge is 0.161 e. The molecule has 1 N–H and O–H groups in total. The summed E-state index contributed by atoms with van der Waals surface area (Å²) in [5, 5.41) is 4.43. The summed E-state index contributed by atoms with van der Waals surface area (Å²) in [5.41, 5.74) is 3.49. The number of halogens is 1. The van der Waals surface area contributed by atoms with Crippen LogP contribution >= 0.6 is 11.6 Å². The van der Waals surface area contributed by atoms with Gasteiger partial charge >= 0.3 is 0 Å². The first-order valence-corrected chi connectivity index (χ1v) is 10.8. The lowest BCUT2D eigenvalue weighted by atomic mass is 9.96. The monoisotopic (exact) mass is 399 g/mol. The zero-order valence-electron chi connectivity index (χ0n) is 16.9. The van der Waals surface area contributed by atoms with Crippen LogP contribution < -0.4 is 5.32 Å². The minimum absolute atomic E-state index is 0.344. The highest BCUT2D eigenvalue weighted by molar-refractivity contribution is 6.30. The maximum atomic E-state index is 6.20. The number of rotatable bonds is 5. The van der Waals surface area contributed by atoms with Crippen LogP contribution in [-0.2, 0) is 12.8 Å². The Morgan fingerprint density at radius 1 is 1.11 bits per heavy atom. The lowest BCUT2D eigenvalue weighted by Crippen LogP contribution is -2.47. The van der Waals surface area contributed by atoms with Gasteiger partial charge in [0.1, 0.15) is 5.82 Å². The summed E-state index contributed by atoms with van der Waals surface area (Å²) in [7, 11) is 2.20. The van der Waals surface area contributed by atoms with E-state index in [0.29, 0.717) is 6.04 Å². The van der Waals surface area contributed by atoms with Crippen molar-refractivity contribution >= 4 is 17.4 Å². The van der Waals surface area contributed by atoms with E-state index in [2.05, 4.69) is 29.1 Å². The zero-order chi connectivity index (χ0) is 19.5. The molecule has 0 spiro atoms. The number of aryl methyl sites for hydroxylation is 1. The fourth-order valence-electron chi connectivity index (χ4n) is 4.17. The SMILES string of the molecule is CC(CN1CCN(C)CC1)Nc1nc(-c2cccc(Cl)c2)nc2c1CCCC2. The summed E-state index contributed by atoms with van der Waals surface area (Å²) in [6, 6.07) is 8.18. The van der Waals surface area contributed by atoms with Crippen molar-refractivity contribution in [3.8, 4) is 11.4 Å². The van der Waals surface area contributed by atoms with Crippen molar-refractivity contribution < 1.29 is 0 Å². The molecule has 2 aromatic rings. The summed E-state index contributed by atoms with van der Waals surface area (Å²) in [6.45, 7) is 7.87. The summed E-state index contributed by atoms with van der Waals surface area (Å²) in [4.78, 5) is 14.8. The molecule has 28 heavy (non-hydrogen) atoms. The van der Waals surface area contributed by atoms with Crippen molar-refractivity contribution in [2.75, 3.05) is 45.1 Å². The molecule has 6 heteroatoms. The highest BCUT2D eigenvalue weighted by Gasteiger charge is 2.21. The Morgan fingerprint density at radius 2 is 1.89 bits per heavy atom. The van der Waals surface area contributed by atoms with Crippen molar-refractivity contribution in [1.29, 1.82) is 0 Å². The summed E-state index contributed by atoms with van der Waals surface area (Å²) < 4.78 is 0. The Kier molecular flexibility index (Phi) is 6.14. The molecule has 0 amide bonds. The van der Waals surface area contributed by atoms with Crippen LogP contribution in [0, 0.1) is 0 Å². The van der Waals surface area contributed by atoms with Crippen molar-refractivity contribution in [3.05, 3.63) is 40.5 Å². The van der Waals surface area contributed by atoms with E-state index in [1.165, 1.54) is 24.1 Å². The van der Waals surface area contributed by atoms with Crippen LogP contribution in [0.25, 0.3) is 11.4 Å². The summed E-state index contributed by atoms with van der Waals surface area (Å²) in [5.74, 6) is 1.79. The van der Waals surface area contributed by atoms with Gasteiger partial charge in [-0.25, -0.2) is 9.97 Å². The van der Waals surface area contributed by atoms with Gasteiger partial charge in [0, 0.05) is 60.6 Å². The highest BCUT2D eigenvalue weighted by Crippen LogP contribution is 2.29. The molecule has 1 aliphatic carbocycles. The molecule has 1 unspecified atom stereocenters. The van der Waals surface area contributed by atoms with Crippen LogP contribution in [0.1, 0.15) is 31.0 Å². The number of anilines is 1. The molecule has 4 rings (SSSR count). The molecular formula is C22H30ClN5. The third-order valence-corrected chi connectivity index (χ3v) is 6.01. The first-order valence-electron chi connectivity index (χ1n) is 10.4. The van der Waals surface area contributed by atoms with E-state index >= 15 is 0 Å². The summed E-state index contributed by atoms with van der Waals surface area (Å²) in [6.07, 6.45) is 4.52. The third-order valence-electron chi connectivity index (χ3n) is 5.78. The van der Waals surface area contributed by atoms with Gasteiger partial charge in [-0.05, 0) is 51.8 Å². The van der Waals surface area contributed by atoms with Crippen LogP contribution in [0.2, 0.25) is 5.02 Å². The Hall–Kier alpha value is -1.69. The number of hydrogen-bond donors (Lipinski definition) is 1. The second-order valence-corrected chi connectivity index (χ2v) is 8.62. The van der Waals surface area contributed by atoms with Gasteiger partial charge in [-0.1, -0.05) is 23.7 Å². The molecule has 1 aliphatic heterocycles. The number of aromatic nitrogens is 2. The van der Waals surface area contributed by atoms with E-state index < -0.39 is 0 Å². The zero-order valence-corrected chi connectivity index (χ0v) is 17.7. The molecular weight excluding hydrogens is 370 g/mol.